The van der Waals surface area contributed by atoms with Gasteiger partial charge in [0.25, 0.3) is 5.56 Å². The topological polar surface area (TPSA) is 123 Å². The van der Waals surface area contributed by atoms with Crippen molar-refractivity contribution in [2.24, 2.45) is 0 Å². The molecule has 27 heavy (non-hydrogen) atoms. The Morgan fingerprint density at radius 3 is 3.04 bits per heavy atom. The third kappa shape index (κ3) is 3.43. The number of aromatic nitrogens is 5. The molecule has 0 aliphatic carbocycles. The first-order chi connectivity index (χ1) is 13.0. The minimum atomic E-state index is -3.20. The second-order valence-electron chi connectivity index (χ2n) is 6.22. The van der Waals surface area contributed by atoms with E-state index >= 15 is 0 Å². The van der Waals surface area contributed by atoms with Crippen LogP contribution in [0.15, 0.2) is 35.6 Å². The van der Waals surface area contributed by atoms with E-state index in [0.29, 0.717) is 36.2 Å². The molecule has 1 aliphatic heterocycles. The lowest BCUT2D eigenvalue weighted by Crippen LogP contribution is -2.30. The van der Waals surface area contributed by atoms with Gasteiger partial charge >= 0.3 is 6.01 Å². The smallest absolute Gasteiger partial charge is 0.302 e. The normalized spacial score (nSPS) is 18.2. The number of hydrogen-bond acceptors (Lipinski definition) is 7. The van der Waals surface area contributed by atoms with Crippen molar-refractivity contribution in [3.8, 4) is 11.8 Å². The van der Waals surface area contributed by atoms with E-state index in [1.54, 1.807) is 23.9 Å². The molecule has 1 fully saturated rings. The van der Waals surface area contributed by atoms with Crippen LogP contribution in [0.3, 0.4) is 0 Å². The molecule has 3 aromatic heterocycles. The van der Waals surface area contributed by atoms with Crippen molar-refractivity contribution in [3.05, 3.63) is 41.2 Å². The third-order valence-corrected chi connectivity index (χ3v) is 6.39. The average Bonchev–Trinajstić information content (AvgIpc) is 3.31. The van der Waals surface area contributed by atoms with E-state index in [2.05, 4.69) is 20.1 Å². The highest BCUT2D eigenvalue weighted by Crippen LogP contribution is 2.26. The SMILES string of the molecule is CCS(=O)(=O)N1CCC(n2cc(Oc3nc4cnccc4c(=O)[nH]3)cn2)C1. The van der Waals surface area contributed by atoms with Gasteiger partial charge in [-0.1, -0.05) is 0 Å². The van der Waals surface area contributed by atoms with E-state index in [9.17, 15) is 13.2 Å². The Labute approximate surface area is 154 Å². The third-order valence-electron chi connectivity index (χ3n) is 4.54. The maximum atomic E-state index is 12.1. The minimum Gasteiger partial charge on any atom is -0.422 e. The van der Waals surface area contributed by atoms with Crippen LogP contribution in [-0.4, -0.2) is 56.3 Å². The van der Waals surface area contributed by atoms with Gasteiger partial charge < -0.3 is 4.74 Å². The standard InChI is InChI=1S/C16H18N6O4S/c1-2-27(24,25)21-6-4-11(9-21)22-10-12(7-18-22)26-16-19-14-8-17-5-3-13(14)15(23)20-16/h3,5,7-8,10-11H,2,4,6,9H2,1H3,(H,19,20,23). The van der Waals surface area contributed by atoms with Gasteiger partial charge in [0.1, 0.15) is 0 Å². The lowest BCUT2D eigenvalue weighted by molar-refractivity contribution is 0.427. The number of rotatable bonds is 5. The number of ether oxygens (including phenoxy) is 1. The molecule has 0 spiro atoms. The Morgan fingerprint density at radius 2 is 2.22 bits per heavy atom. The summed E-state index contributed by atoms with van der Waals surface area (Å²) >= 11 is 0. The number of nitrogens with one attached hydrogen (secondary N) is 1. The molecule has 4 rings (SSSR count). The lowest BCUT2D eigenvalue weighted by atomic mass is 10.3. The van der Waals surface area contributed by atoms with Gasteiger partial charge in [0.2, 0.25) is 10.0 Å². The van der Waals surface area contributed by atoms with Gasteiger partial charge in [0, 0.05) is 19.3 Å². The van der Waals surface area contributed by atoms with E-state index in [-0.39, 0.29) is 23.4 Å². The summed E-state index contributed by atoms with van der Waals surface area (Å²) < 4.78 is 32.8. The van der Waals surface area contributed by atoms with Gasteiger partial charge in [0.05, 0.1) is 41.3 Å². The van der Waals surface area contributed by atoms with E-state index in [4.69, 9.17) is 4.74 Å². The van der Waals surface area contributed by atoms with Gasteiger partial charge in [-0.25, -0.2) is 8.42 Å². The van der Waals surface area contributed by atoms with E-state index in [1.165, 1.54) is 22.9 Å². The van der Waals surface area contributed by atoms with E-state index in [0.717, 1.165) is 0 Å². The quantitative estimate of drug-likeness (QED) is 0.686. The average molecular weight is 390 g/mol. The molecule has 4 heterocycles. The van der Waals surface area contributed by atoms with Crippen LogP contribution in [0.5, 0.6) is 11.8 Å². The van der Waals surface area contributed by atoms with Gasteiger partial charge in [-0.2, -0.15) is 14.4 Å². The number of H-pyrrole nitrogens is 1. The summed E-state index contributed by atoms with van der Waals surface area (Å²) in [7, 11) is -3.20. The maximum absolute atomic E-state index is 12.1. The van der Waals surface area contributed by atoms with Crippen molar-refractivity contribution in [1.82, 2.24) is 29.0 Å². The Hall–Kier alpha value is -2.79. The summed E-state index contributed by atoms with van der Waals surface area (Å²) in [5.74, 6) is 0.487. The molecule has 0 aromatic carbocycles. The summed E-state index contributed by atoms with van der Waals surface area (Å²) in [5.41, 5.74) is 0.112. The molecule has 0 bridgehead atoms. The Morgan fingerprint density at radius 1 is 1.37 bits per heavy atom. The number of hydrogen-bond donors (Lipinski definition) is 1. The van der Waals surface area contributed by atoms with Gasteiger partial charge in [-0.3, -0.25) is 19.4 Å². The first kappa shape index (κ1) is 17.6. The molecule has 1 unspecified atom stereocenters. The highest BCUT2D eigenvalue weighted by Gasteiger charge is 2.31. The van der Waals surface area contributed by atoms with Gasteiger partial charge in [0.15, 0.2) is 5.75 Å². The molecule has 0 radical (unpaired) electrons. The van der Waals surface area contributed by atoms with Crippen LogP contribution in [0.25, 0.3) is 10.9 Å². The Kier molecular flexibility index (Phi) is 4.40. The molecule has 1 aliphatic rings. The summed E-state index contributed by atoms with van der Waals surface area (Å²) in [5, 5.41) is 4.69. The van der Waals surface area contributed by atoms with Crippen LogP contribution in [0.4, 0.5) is 0 Å². The molecular weight excluding hydrogens is 372 g/mol. The molecular formula is C16H18N6O4S. The van der Waals surface area contributed by atoms with Gasteiger partial charge in [-0.15, -0.1) is 0 Å². The number of sulfonamides is 1. The molecule has 1 N–H and O–H groups in total. The molecule has 3 aromatic rings. The second-order valence-corrected chi connectivity index (χ2v) is 8.48. The van der Waals surface area contributed by atoms with Crippen molar-refractivity contribution < 1.29 is 13.2 Å². The first-order valence-electron chi connectivity index (χ1n) is 8.50. The summed E-state index contributed by atoms with van der Waals surface area (Å²) in [4.78, 5) is 22.8. The number of aromatic amines is 1. The van der Waals surface area contributed by atoms with Crippen molar-refractivity contribution in [2.45, 2.75) is 19.4 Å². The van der Waals surface area contributed by atoms with Crippen molar-refractivity contribution in [3.63, 3.8) is 0 Å². The zero-order valence-corrected chi connectivity index (χ0v) is 15.4. The predicted octanol–water partition coefficient (Wildman–Crippen LogP) is 0.903. The summed E-state index contributed by atoms with van der Waals surface area (Å²) in [6.07, 6.45) is 6.86. The molecule has 142 valence electrons. The zero-order valence-electron chi connectivity index (χ0n) is 14.6. The molecule has 11 heteroatoms. The van der Waals surface area contributed by atoms with Crippen LogP contribution < -0.4 is 10.3 Å². The number of pyridine rings is 1. The maximum Gasteiger partial charge on any atom is 0.302 e. The van der Waals surface area contributed by atoms with Crippen molar-refractivity contribution in [2.75, 3.05) is 18.8 Å². The molecule has 1 atom stereocenters. The first-order valence-corrected chi connectivity index (χ1v) is 10.1. The molecule has 1 saturated heterocycles. The fourth-order valence-electron chi connectivity index (χ4n) is 3.06. The van der Waals surface area contributed by atoms with E-state index in [1.807, 2.05) is 0 Å². The van der Waals surface area contributed by atoms with Crippen molar-refractivity contribution >= 4 is 20.9 Å². The zero-order chi connectivity index (χ0) is 19.0. The molecule has 0 saturated carbocycles. The molecule has 10 nitrogen and oxygen atoms in total. The van der Waals surface area contributed by atoms with Crippen LogP contribution in [0.2, 0.25) is 0 Å². The fourth-order valence-corrected chi connectivity index (χ4v) is 4.21. The van der Waals surface area contributed by atoms with Crippen LogP contribution in [-0.2, 0) is 10.0 Å². The molecule has 0 amide bonds. The predicted molar refractivity (Wildman–Crippen MR) is 97.1 cm³/mol. The van der Waals surface area contributed by atoms with Crippen LogP contribution in [0.1, 0.15) is 19.4 Å². The number of fused-ring (bicyclic) bond motifs is 1. The van der Waals surface area contributed by atoms with Crippen LogP contribution >= 0.6 is 0 Å². The lowest BCUT2D eigenvalue weighted by Gasteiger charge is -2.15. The summed E-state index contributed by atoms with van der Waals surface area (Å²) in [6.45, 7) is 2.49. The highest BCUT2D eigenvalue weighted by atomic mass is 32.2. The minimum absolute atomic E-state index is 0.0432. The highest BCUT2D eigenvalue weighted by molar-refractivity contribution is 7.89. The monoisotopic (exact) mass is 390 g/mol. The van der Waals surface area contributed by atoms with E-state index < -0.39 is 10.0 Å². The largest absolute Gasteiger partial charge is 0.422 e. The number of nitrogens with zero attached hydrogens (tertiary/aromatic N) is 5. The van der Waals surface area contributed by atoms with Crippen molar-refractivity contribution in [1.29, 1.82) is 0 Å². The van der Waals surface area contributed by atoms with Crippen LogP contribution in [0, 0.1) is 0 Å². The Bertz CT molecular complexity index is 1140. The Balaban J connectivity index is 1.52. The second kappa shape index (κ2) is 6.74. The van der Waals surface area contributed by atoms with Gasteiger partial charge in [-0.05, 0) is 19.4 Å². The fraction of sp³-hybridized carbons (Fsp3) is 0.375. The summed E-state index contributed by atoms with van der Waals surface area (Å²) in [6, 6.07) is 1.57.